The van der Waals surface area contributed by atoms with Crippen LogP contribution >= 0.6 is 15.9 Å². The van der Waals surface area contributed by atoms with Crippen LogP contribution in [-0.2, 0) is 0 Å². The molecule has 1 unspecified atom stereocenters. The average molecular weight is 312 g/mol. The molecule has 0 radical (unpaired) electrons. The zero-order chi connectivity index (χ0) is 13.1. The molecule has 0 bridgehead atoms. The molecule has 5 heteroatoms. The fraction of sp³-hybridized carbons (Fsp3) is 0.462. The maximum atomic E-state index is 11.2. The van der Waals surface area contributed by atoms with E-state index in [1.165, 1.54) is 12.8 Å². The van der Waals surface area contributed by atoms with E-state index in [-0.39, 0.29) is 0 Å². The largest absolute Gasteiger partial charge is 0.373 e. The summed E-state index contributed by atoms with van der Waals surface area (Å²) in [5.74, 6) is -0.409. The van der Waals surface area contributed by atoms with Crippen LogP contribution in [0.1, 0.15) is 23.2 Å². The highest BCUT2D eigenvalue weighted by Gasteiger charge is 2.16. The summed E-state index contributed by atoms with van der Waals surface area (Å²) < 4.78 is 0.749. The topological polar surface area (TPSA) is 58.4 Å². The predicted octanol–water partition coefficient (Wildman–Crippen LogP) is 1.74. The van der Waals surface area contributed by atoms with Gasteiger partial charge in [0.25, 0.3) is 0 Å². The number of amides is 1. The van der Waals surface area contributed by atoms with Crippen molar-refractivity contribution in [3.8, 4) is 0 Å². The number of primary amides is 1. The summed E-state index contributed by atoms with van der Waals surface area (Å²) in [6.45, 7) is 2.09. The highest BCUT2D eigenvalue weighted by Crippen LogP contribution is 2.24. The molecule has 0 saturated carbocycles. The maximum absolute atomic E-state index is 11.2. The van der Waals surface area contributed by atoms with Gasteiger partial charge in [-0.25, -0.2) is 0 Å². The van der Waals surface area contributed by atoms with Crippen LogP contribution in [0.4, 0.5) is 5.69 Å². The first-order valence-electron chi connectivity index (χ1n) is 6.12. The predicted molar refractivity (Wildman–Crippen MR) is 77.0 cm³/mol. The molecule has 1 amide bonds. The fourth-order valence-corrected chi connectivity index (χ4v) is 2.85. The van der Waals surface area contributed by atoms with Crippen LogP contribution in [0.2, 0.25) is 0 Å². The molecule has 1 heterocycles. The molecular formula is C13H18BrN3O. The minimum Gasteiger partial charge on any atom is -0.373 e. The van der Waals surface area contributed by atoms with E-state index in [0.717, 1.165) is 23.2 Å². The van der Waals surface area contributed by atoms with Crippen molar-refractivity contribution in [2.24, 2.45) is 5.73 Å². The number of carbonyl (C=O) groups excluding carboxylic acids is 1. The number of anilines is 1. The Morgan fingerprint density at radius 1 is 1.61 bits per heavy atom. The van der Waals surface area contributed by atoms with Gasteiger partial charge in [0.2, 0.25) is 5.91 Å². The van der Waals surface area contributed by atoms with Crippen molar-refractivity contribution in [1.29, 1.82) is 0 Å². The Kier molecular flexibility index (Phi) is 4.24. The van der Waals surface area contributed by atoms with E-state index in [1.54, 1.807) is 6.07 Å². The minimum atomic E-state index is -0.409. The molecule has 1 atom stereocenters. The second-order valence-electron chi connectivity index (χ2n) is 4.70. The number of nitrogens with two attached hydrogens (primary N) is 1. The Morgan fingerprint density at radius 3 is 2.94 bits per heavy atom. The van der Waals surface area contributed by atoms with Gasteiger partial charge in [-0.1, -0.05) is 0 Å². The van der Waals surface area contributed by atoms with E-state index in [4.69, 9.17) is 5.73 Å². The van der Waals surface area contributed by atoms with E-state index >= 15 is 0 Å². The van der Waals surface area contributed by atoms with Gasteiger partial charge < -0.3 is 16.0 Å². The third-order valence-electron chi connectivity index (χ3n) is 3.32. The Labute approximate surface area is 116 Å². The molecule has 1 saturated heterocycles. The molecule has 0 spiro atoms. The van der Waals surface area contributed by atoms with Crippen molar-refractivity contribution in [2.75, 3.05) is 25.0 Å². The lowest BCUT2D eigenvalue weighted by molar-refractivity contribution is 0.0999. The number of rotatable bonds is 4. The Bertz CT molecular complexity index is 444. The summed E-state index contributed by atoms with van der Waals surface area (Å²) in [7, 11) is 2.06. The van der Waals surface area contributed by atoms with Crippen LogP contribution in [0.5, 0.6) is 0 Å². The van der Waals surface area contributed by atoms with Gasteiger partial charge in [-0.15, -0.1) is 0 Å². The normalized spacial score (nSPS) is 18.9. The average Bonchev–Trinajstić information content (AvgIpc) is 2.81. The molecule has 0 aliphatic carbocycles. The van der Waals surface area contributed by atoms with Gasteiger partial charge in [-0.3, -0.25) is 4.79 Å². The fourth-order valence-electron chi connectivity index (χ4n) is 2.29. The molecule has 98 valence electrons. The molecule has 2 rings (SSSR count). The standard InChI is InChI=1S/C13H18BrN3O/c1-17(8-9-3-2-6-16-9)10-4-5-11(13(15)18)12(14)7-10/h4-5,7,9,16H,2-3,6,8H2,1H3,(H2,15,18). The number of hydrogen-bond acceptors (Lipinski definition) is 3. The van der Waals surface area contributed by atoms with E-state index in [0.29, 0.717) is 11.6 Å². The first-order valence-corrected chi connectivity index (χ1v) is 6.91. The minimum absolute atomic E-state index is 0.409. The highest BCUT2D eigenvalue weighted by molar-refractivity contribution is 9.10. The lowest BCUT2D eigenvalue weighted by Gasteiger charge is -2.23. The van der Waals surface area contributed by atoms with Gasteiger partial charge in [-0.2, -0.15) is 0 Å². The van der Waals surface area contributed by atoms with Gasteiger partial charge in [0, 0.05) is 29.8 Å². The molecule has 1 aliphatic rings. The van der Waals surface area contributed by atoms with Crippen molar-refractivity contribution in [2.45, 2.75) is 18.9 Å². The van der Waals surface area contributed by atoms with E-state index in [9.17, 15) is 4.79 Å². The van der Waals surface area contributed by atoms with Crippen molar-refractivity contribution in [3.05, 3.63) is 28.2 Å². The molecule has 1 fully saturated rings. The van der Waals surface area contributed by atoms with Gasteiger partial charge in [0.05, 0.1) is 5.56 Å². The molecule has 1 aliphatic heterocycles. The molecule has 18 heavy (non-hydrogen) atoms. The Morgan fingerprint density at radius 2 is 2.39 bits per heavy atom. The number of benzene rings is 1. The van der Waals surface area contributed by atoms with E-state index in [2.05, 4.69) is 33.2 Å². The molecular weight excluding hydrogens is 294 g/mol. The monoisotopic (exact) mass is 311 g/mol. The molecule has 4 nitrogen and oxygen atoms in total. The zero-order valence-corrected chi connectivity index (χ0v) is 12.0. The summed E-state index contributed by atoms with van der Waals surface area (Å²) in [6.07, 6.45) is 2.48. The molecule has 1 aromatic rings. The lowest BCUT2D eigenvalue weighted by Crippen LogP contribution is -2.35. The molecule has 0 aromatic heterocycles. The first kappa shape index (κ1) is 13.4. The Hall–Kier alpha value is -1.07. The number of likely N-dealkylation sites (N-methyl/N-ethyl adjacent to an activating group) is 1. The zero-order valence-electron chi connectivity index (χ0n) is 10.4. The third-order valence-corrected chi connectivity index (χ3v) is 3.97. The van der Waals surface area contributed by atoms with Crippen molar-refractivity contribution < 1.29 is 4.79 Å². The quantitative estimate of drug-likeness (QED) is 0.890. The number of nitrogens with zero attached hydrogens (tertiary/aromatic N) is 1. The van der Waals surface area contributed by atoms with Crippen LogP contribution in [-0.4, -0.2) is 32.1 Å². The van der Waals surface area contributed by atoms with Crippen molar-refractivity contribution in [1.82, 2.24) is 5.32 Å². The smallest absolute Gasteiger partial charge is 0.249 e. The summed E-state index contributed by atoms with van der Waals surface area (Å²) in [5.41, 5.74) is 6.88. The van der Waals surface area contributed by atoms with Crippen LogP contribution in [0.15, 0.2) is 22.7 Å². The van der Waals surface area contributed by atoms with Crippen molar-refractivity contribution >= 4 is 27.5 Å². The highest BCUT2D eigenvalue weighted by atomic mass is 79.9. The summed E-state index contributed by atoms with van der Waals surface area (Å²) in [6, 6.07) is 6.19. The lowest BCUT2D eigenvalue weighted by atomic mass is 10.1. The first-order chi connectivity index (χ1) is 8.58. The second kappa shape index (κ2) is 5.71. The maximum Gasteiger partial charge on any atom is 0.249 e. The molecule has 3 N–H and O–H groups in total. The van der Waals surface area contributed by atoms with E-state index < -0.39 is 5.91 Å². The van der Waals surface area contributed by atoms with Crippen LogP contribution < -0.4 is 16.0 Å². The summed E-state index contributed by atoms with van der Waals surface area (Å²) >= 11 is 3.39. The number of carbonyl (C=O) groups is 1. The van der Waals surface area contributed by atoms with E-state index in [1.807, 2.05) is 12.1 Å². The van der Waals surface area contributed by atoms with Crippen LogP contribution in [0.25, 0.3) is 0 Å². The SMILES string of the molecule is CN(CC1CCCN1)c1ccc(C(N)=O)c(Br)c1. The summed E-state index contributed by atoms with van der Waals surface area (Å²) in [4.78, 5) is 13.3. The van der Waals surface area contributed by atoms with Gasteiger partial charge >= 0.3 is 0 Å². The Balaban J connectivity index is 2.08. The number of nitrogens with one attached hydrogen (secondary N) is 1. The molecule has 1 aromatic carbocycles. The van der Waals surface area contributed by atoms with Crippen LogP contribution in [0, 0.1) is 0 Å². The van der Waals surface area contributed by atoms with Crippen molar-refractivity contribution in [3.63, 3.8) is 0 Å². The summed E-state index contributed by atoms with van der Waals surface area (Å²) in [5, 5.41) is 3.47. The van der Waals surface area contributed by atoms with Gasteiger partial charge in [0.1, 0.15) is 0 Å². The second-order valence-corrected chi connectivity index (χ2v) is 5.56. The van der Waals surface area contributed by atoms with Gasteiger partial charge in [-0.05, 0) is 53.5 Å². The number of halogens is 1. The van der Waals surface area contributed by atoms with Gasteiger partial charge in [0.15, 0.2) is 0 Å². The number of hydrogen-bond donors (Lipinski definition) is 2. The third kappa shape index (κ3) is 3.03. The van der Waals surface area contributed by atoms with Crippen LogP contribution in [0.3, 0.4) is 0 Å².